The van der Waals surface area contributed by atoms with Gasteiger partial charge in [0.25, 0.3) is 5.96 Å². The zero-order valence-corrected chi connectivity index (χ0v) is 8.96. The van der Waals surface area contributed by atoms with E-state index in [9.17, 15) is 20.2 Å². The van der Waals surface area contributed by atoms with Crippen molar-refractivity contribution in [2.45, 2.75) is 0 Å². The van der Waals surface area contributed by atoms with Gasteiger partial charge < -0.3 is 5.73 Å². The predicted octanol–water partition coefficient (Wildman–Crippen LogP) is 0.0862. The summed E-state index contributed by atoms with van der Waals surface area (Å²) >= 11 is 0.894. The number of hydrogen-bond acceptors (Lipinski definition) is 7. The van der Waals surface area contributed by atoms with Crippen molar-refractivity contribution >= 4 is 28.5 Å². The van der Waals surface area contributed by atoms with Crippen molar-refractivity contribution in [1.29, 1.82) is 0 Å². The Hall–Kier alpha value is -2.56. The molecule has 0 saturated heterocycles. The molecule has 0 spiro atoms. The fraction of sp³-hybridized carbons (Fsp3) is 0. The van der Waals surface area contributed by atoms with E-state index < -0.39 is 15.9 Å². The highest BCUT2D eigenvalue weighted by molar-refractivity contribution is 7.16. The first-order valence-corrected chi connectivity index (χ1v) is 4.82. The van der Waals surface area contributed by atoms with E-state index in [-0.39, 0.29) is 5.00 Å². The number of hydrogen-bond donors (Lipinski definition) is 2. The van der Waals surface area contributed by atoms with Crippen LogP contribution in [0.2, 0.25) is 0 Å². The molecule has 1 aromatic heterocycles. The van der Waals surface area contributed by atoms with Crippen molar-refractivity contribution < 1.29 is 9.96 Å². The van der Waals surface area contributed by atoms with Gasteiger partial charge in [-0.05, 0) is 6.07 Å². The van der Waals surface area contributed by atoms with Crippen molar-refractivity contribution in [2.24, 2.45) is 15.9 Å². The molecule has 0 fully saturated rings. The predicted molar refractivity (Wildman–Crippen MR) is 60.3 cm³/mol. The summed E-state index contributed by atoms with van der Waals surface area (Å²) in [5.41, 5.74) is 6.65. The zero-order chi connectivity index (χ0) is 12.8. The first-order chi connectivity index (χ1) is 7.99. The molecule has 11 heteroatoms. The third-order valence-corrected chi connectivity index (χ3v) is 2.32. The van der Waals surface area contributed by atoms with Gasteiger partial charge in [-0.2, -0.15) is 5.10 Å². The monoisotopic (exact) mass is 258 g/mol. The van der Waals surface area contributed by atoms with E-state index in [2.05, 4.69) is 10.2 Å². The number of nitro groups is 2. The molecule has 1 rings (SSSR count). The maximum atomic E-state index is 10.4. The Morgan fingerprint density at radius 3 is 2.71 bits per heavy atom. The minimum absolute atomic E-state index is 0.0354. The van der Waals surface area contributed by atoms with Crippen LogP contribution in [0.1, 0.15) is 4.88 Å². The zero-order valence-electron chi connectivity index (χ0n) is 8.14. The van der Waals surface area contributed by atoms with Crippen LogP contribution in [0.3, 0.4) is 0 Å². The second-order valence-corrected chi connectivity index (χ2v) is 3.63. The number of nitrogens with one attached hydrogen (secondary N) is 1. The number of nitrogens with two attached hydrogens (primary N) is 1. The average molecular weight is 258 g/mol. The van der Waals surface area contributed by atoms with Crippen molar-refractivity contribution in [1.82, 2.24) is 5.43 Å². The van der Waals surface area contributed by atoms with Gasteiger partial charge in [-0.15, -0.1) is 5.10 Å². The minimum atomic E-state index is -0.885. The quantitative estimate of drug-likeness (QED) is 0.338. The van der Waals surface area contributed by atoms with Gasteiger partial charge in [-0.25, -0.2) is 10.1 Å². The van der Waals surface area contributed by atoms with Crippen LogP contribution in [0, 0.1) is 20.2 Å². The van der Waals surface area contributed by atoms with Gasteiger partial charge in [0.2, 0.25) is 0 Å². The van der Waals surface area contributed by atoms with Crippen molar-refractivity contribution in [3.63, 3.8) is 0 Å². The Morgan fingerprint density at radius 1 is 1.47 bits per heavy atom. The summed E-state index contributed by atoms with van der Waals surface area (Å²) in [5.74, 6) is -0.489. The lowest BCUT2D eigenvalue weighted by atomic mass is 10.5. The summed E-state index contributed by atoms with van der Waals surface area (Å²) in [7, 11) is 0. The van der Waals surface area contributed by atoms with Gasteiger partial charge in [0.15, 0.2) is 5.03 Å². The summed E-state index contributed by atoms with van der Waals surface area (Å²) in [5, 5.41) is 26.1. The molecular weight excluding hydrogens is 252 g/mol. The Labute approximate surface area is 97.7 Å². The Balaban J connectivity index is 2.64. The second-order valence-electron chi connectivity index (χ2n) is 2.53. The van der Waals surface area contributed by atoms with Gasteiger partial charge in [-0.1, -0.05) is 16.8 Å². The standard InChI is InChI=1S/C6H6N6O4S/c7-6(10-12(15)16)9-8-3-4-1-2-5(17-4)11(13)14/h1-3H,(H3,7,9,10)/b8-3+. The van der Waals surface area contributed by atoms with E-state index in [1.807, 2.05) is 0 Å². The number of guanidine groups is 1. The number of rotatable bonds is 4. The molecule has 1 heterocycles. The number of nitrogens with zero attached hydrogens (tertiary/aromatic N) is 4. The maximum Gasteiger partial charge on any atom is 0.324 e. The molecule has 90 valence electrons. The van der Waals surface area contributed by atoms with Crippen molar-refractivity contribution in [3.05, 3.63) is 37.2 Å². The normalized spacial score (nSPS) is 11.6. The third-order valence-electron chi connectivity index (χ3n) is 1.35. The average Bonchev–Trinajstić information content (AvgIpc) is 2.65. The summed E-state index contributed by atoms with van der Waals surface area (Å²) in [4.78, 5) is 20.2. The van der Waals surface area contributed by atoms with Crippen LogP contribution in [0.25, 0.3) is 0 Å². The summed E-state index contributed by atoms with van der Waals surface area (Å²) < 4.78 is 0. The molecule has 0 aliphatic heterocycles. The Bertz CT molecular complexity index is 494. The molecule has 0 unspecified atom stereocenters. The molecule has 0 bridgehead atoms. The SMILES string of the molecule is N/C(=N\N=C\c1ccc([N+](=O)[O-])s1)N[N+](=O)[O-]. The van der Waals surface area contributed by atoms with E-state index in [0.717, 1.165) is 11.3 Å². The molecule has 0 atom stereocenters. The third kappa shape index (κ3) is 4.21. The van der Waals surface area contributed by atoms with Crippen LogP contribution in [-0.4, -0.2) is 22.1 Å². The van der Waals surface area contributed by atoms with E-state index in [1.165, 1.54) is 18.3 Å². The fourth-order valence-electron chi connectivity index (χ4n) is 0.774. The highest BCUT2D eigenvalue weighted by atomic mass is 32.1. The molecule has 0 aromatic carbocycles. The topological polar surface area (TPSA) is 149 Å². The molecule has 0 saturated carbocycles. The summed E-state index contributed by atoms with van der Waals surface area (Å²) in [6.07, 6.45) is 1.20. The van der Waals surface area contributed by atoms with E-state index in [0.29, 0.717) is 4.88 Å². The van der Waals surface area contributed by atoms with Crippen LogP contribution in [0.4, 0.5) is 5.00 Å². The fourth-order valence-corrected chi connectivity index (χ4v) is 1.46. The first kappa shape index (κ1) is 12.5. The molecule has 3 N–H and O–H groups in total. The smallest absolute Gasteiger partial charge is 0.324 e. The number of thiophene rings is 1. The van der Waals surface area contributed by atoms with Crippen LogP contribution in [-0.2, 0) is 0 Å². The van der Waals surface area contributed by atoms with Gasteiger partial charge in [0.05, 0.1) is 16.0 Å². The Morgan fingerprint density at radius 2 is 2.18 bits per heavy atom. The molecule has 0 radical (unpaired) electrons. The molecule has 0 aliphatic rings. The molecule has 1 aromatic rings. The Kier molecular flexibility index (Phi) is 4.05. The van der Waals surface area contributed by atoms with Crippen molar-refractivity contribution in [3.8, 4) is 0 Å². The van der Waals surface area contributed by atoms with Gasteiger partial charge in [0, 0.05) is 6.07 Å². The van der Waals surface area contributed by atoms with Crippen LogP contribution in [0.15, 0.2) is 22.3 Å². The van der Waals surface area contributed by atoms with Crippen molar-refractivity contribution in [2.75, 3.05) is 0 Å². The van der Waals surface area contributed by atoms with E-state index >= 15 is 0 Å². The van der Waals surface area contributed by atoms with Gasteiger partial charge in [0.1, 0.15) is 0 Å². The lowest BCUT2D eigenvalue weighted by Crippen LogP contribution is -2.35. The molecule has 10 nitrogen and oxygen atoms in total. The second kappa shape index (κ2) is 5.50. The molecule has 0 aliphatic carbocycles. The first-order valence-electron chi connectivity index (χ1n) is 4.01. The van der Waals surface area contributed by atoms with Crippen LogP contribution in [0.5, 0.6) is 0 Å². The van der Waals surface area contributed by atoms with Crippen LogP contribution < -0.4 is 11.2 Å². The molecular formula is C6H6N6O4S. The number of hydrazine groups is 1. The lowest BCUT2D eigenvalue weighted by Gasteiger charge is -1.90. The van der Waals surface area contributed by atoms with Gasteiger partial charge >= 0.3 is 5.00 Å². The molecule has 0 amide bonds. The highest BCUT2D eigenvalue weighted by Crippen LogP contribution is 2.22. The summed E-state index contributed by atoms with van der Waals surface area (Å²) in [6, 6.07) is 2.79. The minimum Gasteiger partial charge on any atom is -0.364 e. The lowest BCUT2D eigenvalue weighted by molar-refractivity contribution is -0.525. The summed E-state index contributed by atoms with van der Waals surface area (Å²) in [6.45, 7) is 0. The largest absolute Gasteiger partial charge is 0.364 e. The van der Waals surface area contributed by atoms with Crippen LogP contribution >= 0.6 is 11.3 Å². The highest BCUT2D eigenvalue weighted by Gasteiger charge is 2.07. The van der Waals surface area contributed by atoms with Gasteiger partial charge in [-0.3, -0.25) is 10.1 Å². The van der Waals surface area contributed by atoms with E-state index in [1.54, 1.807) is 5.43 Å². The molecule has 17 heavy (non-hydrogen) atoms. The van der Waals surface area contributed by atoms with E-state index in [4.69, 9.17) is 5.73 Å². The maximum absolute atomic E-state index is 10.4.